The zero-order valence-electron chi connectivity index (χ0n) is 13.0. The molecule has 7 heteroatoms. The summed E-state index contributed by atoms with van der Waals surface area (Å²) in [6.07, 6.45) is 1.47. The van der Waals surface area contributed by atoms with Crippen molar-refractivity contribution >= 4 is 40.6 Å². The SMILES string of the molecule is COc1cc(Cl)c(C)cc1NC(C)C(=O)Nc1ccc(Cl)cn1. The number of aryl methyl sites for hydroxylation is 1. The molecule has 1 aromatic heterocycles. The summed E-state index contributed by atoms with van der Waals surface area (Å²) in [5.74, 6) is 0.784. The van der Waals surface area contributed by atoms with Crippen molar-refractivity contribution in [3.63, 3.8) is 0 Å². The van der Waals surface area contributed by atoms with Crippen LogP contribution in [0.2, 0.25) is 10.0 Å². The minimum Gasteiger partial charge on any atom is -0.495 e. The van der Waals surface area contributed by atoms with Gasteiger partial charge in [-0.05, 0) is 37.6 Å². The van der Waals surface area contributed by atoms with Gasteiger partial charge in [0, 0.05) is 17.3 Å². The van der Waals surface area contributed by atoms with Crippen molar-refractivity contribution in [2.45, 2.75) is 19.9 Å². The molecule has 2 N–H and O–H groups in total. The highest BCUT2D eigenvalue weighted by molar-refractivity contribution is 6.31. The number of hydrogen-bond acceptors (Lipinski definition) is 4. The van der Waals surface area contributed by atoms with E-state index in [0.717, 1.165) is 5.56 Å². The van der Waals surface area contributed by atoms with Crippen LogP contribution in [0.25, 0.3) is 0 Å². The Labute approximate surface area is 145 Å². The lowest BCUT2D eigenvalue weighted by Crippen LogP contribution is -2.32. The second-order valence-electron chi connectivity index (χ2n) is 5.02. The molecule has 0 aliphatic rings. The molecule has 0 fully saturated rings. The highest BCUT2D eigenvalue weighted by Gasteiger charge is 2.16. The Kier molecular flexibility index (Phi) is 5.69. The third kappa shape index (κ3) is 4.50. The lowest BCUT2D eigenvalue weighted by Gasteiger charge is -2.18. The largest absolute Gasteiger partial charge is 0.495 e. The summed E-state index contributed by atoms with van der Waals surface area (Å²) >= 11 is 11.8. The van der Waals surface area contributed by atoms with Crippen molar-refractivity contribution in [2.24, 2.45) is 0 Å². The van der Waals surface area contributed by atoms with Gasteiger partial charge in [-0.15, -0.1) is 0 Å². The van der Waals surface area contributed by atoms with Crippen molar-refractivity contribution in [1.29, 1.82) is 0 Å². The maximum Gasteiger partial charge on any atom is 0.247 e. The number of hydrogen-bond donors (Lipinski definition) is 2. The molecule has 1 heterocycles. The standard InChI is InChI=1S/C16H17Cl2N3O2/c1-9-6-13(14(23-3)7-12(9)18)20-10(2)16(22)21-15-5-4-11(17)8-19-15/h4-8,10,20H,1-3H3,(H,19,21,22). The number of nitrogens with one attached hydrogen (secondary N) is 2. The highest BCUT2D eigenvalue weighted by Crippen LogP contribution is 2.31. The number of methoxy groups -OCH3 is 1. The minimum atomic E-state index is -0.498. The molecule has 122 valence electrons. The van der Waals surface area contributed by atoms with Gasteiger partial charge in [0.25, 0.3) is 0 Å². The zero-order chi connectivity index (χ0) is 17.0. The third-order valence-corrected chi connectivity index (χ3v) is 3.86. The fourth-order valence-corrected chi connectivity index (χ4v) is 2.19. The minimum absolute atomic E-state index is 0.227. The van der Waals surface area contributed by atoms with Crippen LogP contribution in [0.4, 0.5) is 11.5 Å². The first-order valence-corrected chi connectivity index (χ1v) is 7.69. The van der Waals surface area contributed by atoms with Crippen molar-refractivity contribution in [1.82, 2.24) is 4.98 Å². The Hall–Kier alpha value is -1.98. The number of pyridine rings is 1. The maximum absolute atomic E-state index is 12.2. The molecule has 0 saturated heterocycles. The van der Waals surface area contributed by atoms with Gasteiger partial charge in [-0.3, -0.25) is 4.79 Å². The van der Waals surface area contributed by atoms with Gasteiger partial charge in [0.05, 0.1) is 17.8 Å². The number of aromatic nitrogens is 1. The van der Waals surface area contributed by atoms with Gasteiger partial charge < -0.3 is 15.4 Å². The van der Waals surface area contributed by atoms with Gasteiger partial charge >= 0.3 is 0 Å². The molecule has 2 rings (SSSR count). The summed E-state index contributed by atoms with van der Waals surface area (Å²) in [6, 6.07) is 6.35. The average molecular weight is 354 g/mol. The average Bonchev–Trinajstić information content (AvgIpc) is 2.52. The van der Waals surface area contributed by atoms with Crippen molar-refractivity contribution in [2.75, 3.05) is 17.7 Å². The predicted molar refractivity (Wildman–Crippen MR) is 93.7 cm³/mol. The summed E-state index contributed by atoms with van der Waals surface area (Å²) in [4.78, 5) is 16.3. The van der Waals surface area contributed by atoms with Crippen LogP contribution in [0, 0.1) is 6.92 Å². The van der Waals surface area contributed by atoms with E-state index in [9.17, 15) is 4.79 Å². The smallest absolute Gasteiger partial charge is 0.247 e. The molecule has 1 unspecified atom stereocenters. The van der Waals surface area contributed by atoms with E-state index in [1.165, 1.54) is 6.20 Å². The quantitative estimate of drug-likeness (QED) is 0.847. The van der Waals surface area contributed by atoms with Gasteiger partial charge in [-0.2, -0.15) is 0 Å². The molecule has 23 heavy (non-hydrogen) atoms. The van der Waals surface area contributed by atoms with Crippen LogP contribution < -0.4 is 15.4 Å². The number of carbonyl (C=O) groups excluding carboxylic acids is 1. The first kappa shape index (κ1) is 17.4. The van der Waals surface area contributed by atoms with Crippen molar-refractivity contribution in [3.8, 4) is 5.75 Å². The van der Waals surface area contributed by atoms with Gasteiger partial charge in [0.15, 0.2) is 0 Å². The van der Waals surface area contributed by atoms with Crippen LogP contribution in [-0.2, 0) is 4.79 Å². The van der Waals surface area contributed by atoms with E-state index in [0.29, 0.717) is 27.3 Å². The molecule has 1 aromatic carbocycles. The molecule has 0 aliphatic carbocycles. The van der Waals surface area contributed by atoms with Gasteiger partial charge in [0.1, 0.15) is 17.6 Å². The molecule has 2 aromatic rings. The summed E-state index contributed by atoms with van der Waals surface area (Å²) in [7, 11) is 1.55. The summed E-state index contributed by atoms with van der Waals surface area (Å²) in [5.41, 5.74) is 1.59. The molecular formula is C16H17Cl2N3O2. The maximum atomic E-state index is 12.2. The van der Waals surface area contributed by atoms with E-state index in [1.807, 2.05) is 13.0 Å². The summed E-state index contributed by atoms with van der Waals surface area (Å²) in [6.45, 7) is 3.63. The van der Waals surface area contributed by atoms with E-state index >= 15 is 0 Å². The van der Waals surface area contributed by atoms with Crippen LogP contribution in [0.3, 0.4) is 0 Å². The fourth-order valence-electron chi connectivity index (χ4n) is 1.93. The third-order valence-electron chi connectivity index (χ3n) is 3.22. The lowest BCUT2D eigenvalue weighted by molar-refractivity contribution is -0.116. The normalized spacial score (nSPS) is 11.7. The molecule has 0 aliphatic heterocycles. The fraction of sp³-hybridized carbons (Fsp3) is 0.250. The Morgan fingerprint density at radius 3 is 2.65 bits per heavy atom. The van der Waals surface area contributed by atoms with E-state index in [1.54, 1.807) is 32.2 Å². The Morgan fingerprint density at radius 2 is 2.04 bits per heavy atom. The number of rotatable bonds is 5. The number of carbonyl (C=O) groups is 1. The van der Waals surface area contributed by atoms with Gasteiger partial charge in [-0.25, -0.2) is 4.98 Å². The van der Waals surface area contributed by atoms with E-state index in [4.69, 9.17) is 27.9 Å². The van der Waals surface area contributed by atoms with Crippen LogP contribution in [0.1, 0.15) is 12.5 Å². The molecule has 0 bridgehead atoms. The molecule has 0 spiro atoms. The number of ether oxygens (including phenoxy) is 1. The van der Waals surface area contributed by atoms with Crippen LogP contribution >= 0.6 is 23.2 Å². The zero-order valence-corrected chi connectivity index (χ0v) is 14.5. The topological polar surface area (TPSA) is 63.2 Å². The summed E-state index contributed by atoms with van der Waals surface area (Å²) in [5, 5.41) is 6.94. The van der Waals surface area contributed by atoms with Crippen LogP contribution in [0.15, 0.2) is 30.5 Å². The molecule has 0 saturated carbocycles. The number of nitrogens with zero attached hydrogens (tertiary/aromatic N) is 1. The number of anilines is 2. The van der Waals surface area contributed by atoms with E-state index < -0.39 is 6.04 Å². The predicted octanol–water partition coefficient (Wildman–Crippen LogP) is 4.14. The Morgan fingerprint density at radius 1 is 1.30 bits per heavy atom. The molecular weight excluding hydrogens is 337 g/mol. The second kappa shape index (κ2) is 7.53. The first-order chi connectivity index (χ1) is 10.9. The number of amides is 1. The molecule has 1 atom stereocenters. The summed E-state index contributed by atoms with van der Waals surface area (Å²) < 4.78 is 5.29. The first-order valence-electron chi connectivity index (χ1n) is 6.94. The number of benzene rings is 1. The van der Waals surface area contributed by atoms with Crippen LogP contribution in [-0.4, -0.2) is 24.0 Å². The van der Waals surface area contributed by atoms with E-state index in [2.05, 4.69) is 15.6 Å². The molecule has 5 nitrogen and oxygen atoms in total. The van der Waals surface area contributed by atoms with Crippen LogP contribution in [0.5, 0.6) is 5.75 Å². The van der Waals surface area contributed by atoms with Crippen molar-refractivity contribution < 1.29 is 9.53 Å². The number of halogens is 2. The Balaban J connectivity index is 2.09. The van der Waals surface area contributed by atoms with Crippen molar-refractivity contribution in [3.05, 3.63) is 46.1 Å². The molecule has 1 amide bonds. The monoisotopic (exact) mass is 353 g/mol. The lowest BCUT2D eigenvalue weighted by atomic mass is 10.2. The van der Waals surface area contributed by atoms with Gasteiger partial charge in [-0.1, -0.05) is 23.2 Å². The van der Waals surface area contributed by atoms with E-state index in [-0.39, 0.29) is 5.91 Å². The highest BCUT2D eigenvalue weighted by atomic mass is 35.5. The Bertz CT molecular complexity index is 705. The van der Waals surface area contributed by atoms with Gasteiger partial charge in [0.2, 0.25) is 5.91 Å². The molecule has 0 radical (unpaired) electrons. The second-order valence-corrected chi connectivity index (χ2v) is 5.86.